The lowest BCUT2D eigenvalue weighted by Crippen LogP contribution is -2.43. The molecule has 1 amide bonds. The van der Waals surface area contributed by atoms with Gasteiger partial charge in [-0.25, -0.2) is 14.0 Å². The van der Waals surface area contributed by atoms with Gasteiger partial charge in [-0.15, -0.1) is 0 Å². The molecular weight excluding hydrogens is 461 g/mol. The van der Waals surface area contributed by atoms with Crippen molar-refractivity contribution in [3.05, 3.63) is 69.5 Å². The maximum Gasteiger partial charge on any atom is 0.340 e. The summed E-state index contributed by atoms with van der Waals surface area (Å²) in [5.74, 6) is -1.86. The average molecular weight is 484 g/mol. The minimum absolute atomic E-state index is 0.156. The zero-order valence-corrected chi connectivity index (χ0v) is 19.5. The first kappa shape index (κ1) is 23.6. The van der Waals surface area contributed by atoms with E-state index in [-0.39, 0.29) is 23.6 Å². The van der Waals surface area contributed by atoms with E-state index in [4.69, 9.17) is 8.83 Å². The van der Waals surface area contributed by atoms with Crippen LogP contribution in [0.3, 0.4) is 0 Å². The average Bonchev–Trinajstić information content (AvgIpc) is 3.22. The molecule has 0 spiro atoms. The molecule has 2 N–H and O–H groups in total. The van der Waals surface area contributed by atoms with Gasteiger partial charge in [-0.05, 0) is 49.4 Å². The summed E-state index contributed by atoms with van der Waals surface area (Å²) in [6, 6.07) is 6.81. The molecule has 0 saturated heterocycles. The normalized spacial score (nSPS) is 12.2. The van der Waals surface area contributed by atoms with Gasteiger partial charge in [0.05, 0.1) is 18.2 Å². The Labute approximate surface area is 197 Å². The first-order chi connectivity index (χ1) is 16.2. The molecule has 4 aromatic rings. The van der Waals surface area contributed by atoms with E-state index in [0.29, 0.717) is 27.7 Å². The number of amides is 1. The Bertz CT molecular complexity index is 1470. The fourth-order valence-electron chi connectivity index (χ4n) is 4.00. The van der Waals surface area contributed by atoms with Gasteiger partial charge in [-0.2, -0.15) is 11.8 Å². The second-order valence-electron chi connectivity index (χ2n) is 7.99. The van der Waals surface area contributed by atoms with Gasteiger partial charge in [0.15, 0.2) is 0 Å². The molecule has 2 aromatic carbocycles. The molecule has 0 fully saturated rings. The molecule has 1 atom stereocenters. The third kappa shape index (κ3) is 4.31. The predicted octanol–water partition coefficient (Wildman–Crippen LogP) is 4.44. The number of nitrogens with one attached hydrogen (secondary N) is 1. The minimum Gasteiger partial charge on any atom is -0.480 e. The summed E-state index contributed by atoms with van der Waals surface area (Å²) in [4.78, 5) is 36.6. The fraction of sp³-hybridized carbons (Fsp3) is 0.240. The van der Waals surface area contributed by atoms with Gasteiger partial charge in [-0.3, -0.25) is 4.79 Å². The van der Waals surface area contributed by atoms with Crippen LogP contribution in [0.5, 0.6) is 0 Å². The van der Waals surface area contributed by atoms with Crippen molar-refractivity contribution in [3.8, 4) is 11.1 Å². The fourth-order valence-corrected chi connectivity index (χ4v) is 4.56. The molecule has 9 heteroatoms. The van der Waals surface area contributed by atoms with E-state index >= 15 is 0 Å². The molecule has 0 saturated carbocycles. The molecular formula is C25H22FNO6S. The van der Waals surface area contributed by atoms with Crippen molar-refractivity contribution in [2.24, 2.45) is 0 Å². The monoisotopic (exact) mass is 483 g/mol. The molecule has 7 nitrogen and oxygen atoms in total. The van der Waals surface area contributed by atoms with E-state index in [9.17, 15) is 23.9 Å². The quantitative estimate of drug-likeness (QED) is 0.374. The third-order valence-electron chi connectivity index (χ3n) is 5.80. The number of carboxylic acid groups (broad SMARTS) is 1. The van der Waals surface area contributed by atoms with E-state index < -0.39 is 23.5 Å². The number of hydrogen-bond donors (Lipinski definition) is 2. The topological polar surface area (TPSA) is 110 Å². The highest BCUT2D eigenvalue weighted by Gasteiger charge is 2.23. The van der Waals surface area contributed by atoms with Crippen molar-refractivity contribution in [2.75, 3.05) is 12.0 Å². The molecule has 34 heavy (non-hydrogen) atoms. The molecule has 0 aliphatic rings. The van der Waals surface area contributed by atoms with Crippen LogP contribution in [0.15, 0.2) is 50.2 Å². The summed E-state index contributed by atoms with van der Waals surface area (Å²) in [5, 5.41) is 13.1. The van der Waals surface area contributed by atoms with Gasteiger partial charge in [0.25, 0.3) is 0 Å². The molecule has 4 rings (SSSR count). The lowest BCUT2D eigenvalue weighted by atomic mass is 9.97. The zero-order chi connectivity index (χ0) is 24.6. The van der Waals surface area contributed by atoms with Gasteiger partial charge in [0, 0.05) is 27.7 Å². The van der Waals surface area contributed by atoms with Crippen molar-refractivity contribution < 1.29 is 27.9 Å². The molecule has 0 radical (unpaired) electrons. The molecule has 2 aromatic heterocycles. The van der Waals surface area contributed by atoms with Crippen molar-refractivity contribution in [1.82, 2.24) is 5.32 Å². The smallest absolute Gasteiger partial charge is 0.340 e. The largest absolute Gasteiger partial charge is 0.480 e. The number of aryl methyl sites for hydroxylation is 2. The lowest BCUT2D eigenvalue weighted by Gasteiger charge is -2.14. The number of halogens is 1. The summed E-state index contributed by atoms with van der Waals surface area (Å²) in [6.07, 6.45) is 3.00. The third-order valence-corrected chi connectivity index (χ3v) is 6.47. The Kier molecular flexibility index (Phi) is 6.47. The molecule has 2 heterocycles. The summed E-state index contributed by atoms with van der Waals surface area (Å²) >= 11 is 1.29. The Hall–Kier alpha value is -3.59. The van der Waals surface area contributed by atoms with Gasteiger partial charge >= 0.3 is 11.6 Å². The van der Waals surface area contributed by atoms with Crippen LogP contribution in [0.25, 0.3) is 33.1 Å². The van der Waals surface area contributed by atoms with Gasteiger partial charge in [0.1, 0.15) is 23.0 Å². The molecule has 0 unspecified atom stereocenters. The maximum absolute atomic E-state index is 13.4. The van der Waals surface area contributed by atoms with Crippen LogP contribution >= 0.6 is 11.8 Å². The standard InChI is InChI=1S/C25H22FNO6S/c1-12-16-8-18-19(14-4-6-15(26)7-5-14)10-32-22(18)13(2)23(16)33-25(31)17(12)9-21(28)27-20(11-34-3)24(29)30/h4-8,10,20H,9,11H2,1-3H3,(H,27,28)(H,29,30)/t20-/m0/s1. The van der Waals surface area contributed by atoms with Gasteiger partial charge in [0.2, 0.25) is 5.91 Å². The maximum atomic E-state index is 13.4. The summed E-state index contributed by atoms with van der Waals surface area (Å²) in [5.41, 5.74) is 3.10. The Morgan fingerprint density at radius 3 is 2.47 bits per heavy atom. The highest BCUT2D eigenvalue weighted by molar-refractivity contribution is 7.98. The van der Waals surface area contributed by atoms with Crippen molar-refractivity contribution >= 4 is 45.6 Å². The highest BCUT2D eigenvalue weighted by Crippen LogP contribution is 2.37. The number of furan rings is 1. The van der Waals surface area contributed by atoms with Gasteiger partial charge < -0.3 is 19.3 Å². The van der Waals surface area contributed by atoms with Crippen LogP contribution in [-0.4, -0.2) is 35.0 Å². The van der Waals surface area contributed by atoms with Crippen LogP contribution in [0, 0.1) is 19.7 Å². The first-order valence-electron chi connectivity index (χ1n) is 10.5. The molecule has 0 aliphatic heterocycles. The van der Waals surface area contributed by atoms with Crippen LogP contribution in [0.2, 0.25) is 0 Å². The van der Waals surface area contributed by atoms with Crippen molar-refractivity contribution in [1.29, 1.82) is 0 Å². The number of benzene rings is 2. The Balaban J connectivity index is 1.79. The van der Waals surface area contributed by atoms with Crippen LogP contribution in [0.4, 0.5) is 4.39 Å². The second-order valence-corrected chi connectivity index (χ2v) is 8.91. The number of carbonyl (C=O) groups excluding carboxylic acids is 1. The number of thioether (sulfide) groups is 1. The van der Waals surface area contributed by atoms with E-state index in [1.165, 1.54) is 23.9 Å². The second kappa shape index (κ2) is 9.34. The minimum atomic E-state index is -1.14. The van der Waals surface area contributed by atoms with Crippen LogP contribution in [0.1, 0.15) is 16.7 Å². The van der Waals surface area contributed by atoms with Gasteiger partial charge in [-0.1, -0.05) is 12.1 Å². The molecule has 0 aliphatic carbocycles. The molecule has 176 valence electrons. The van der Waals surface area contributed by atoms with E-state index in [1.807, 2.05) is 6.07 Å². The number of aliphatic carboxylic acids is 1. The Morgan fingerprint density at radius 2 is 1.82 bits per heavy atom. The number of carbonyl (C=O) groups is 2. The first-order valence-corrected chi connectivity index (χ1v) is 11.8. The van der Waals surface area contributed by atoms with Crippen LogP contribution in [-0.2, 0) is 16.0 Å². The lowest BCUT2D eigenvalue weighted by molar-refractivity contribution is -0.141. The highest BCUT2D eigenvalue weighted by atomic mass is 32.2. The molecule has 0 bridgehead atoms. The van der Waals surface area contributed by atoms with E-state index in [1.54, 1.807) is 38.5 Å². The van der Waals surface area contributed by atoms with Crippen LogP contribution < -0.4 is 10.9 Å². The van der Waals surface area contributed by atoms with E-state index in [2.05, 4.69) is 5.32 Å². The summed E-state index contributed by atoms with van der Waals surface area (Å²) in [6.45, 7) is 3.50. The SMILES string of the molecule is CSC[C@H](NC(=O)Cc1c(C)c2cc3c(-c4ccc(F)cc4)coc3c(C)c2oc1=O)C(=O)O. The number of rotatable bonds is 7. The number of hydrogen-bond acceptors (Lipinski definition) is 6. The van der Waals surface area contributed by atoms with Crippen molar-refractivity contribution in [3.63, 3.8) is 0 Å². The predicted molar refractivity (Wildman–Crippen MR) is 129 cm³/mol. The zero-order valence-electron chi connectivity index (χ0n) is 18.7. The number of carboxylic acids is 1. The summed E-state index contributed by atoms with van der Waals surface area (Å²) < 4.78 is 24.7. The number of fused-ring (bicyclic) bond motifs is 2. The van der Waals surface area contributed by atoms with E-state index in [0.717, 1.165) is 16.5 Å². The Morgan fingerprint density at radius 1 is 1.12 bits per heavy atom. The summed E-state index contributed by atoms with van der Waals surface area (Å²) in [7, 11) is 0. The van der Waals surface area contributed by atoms with Crippen molar-refractivity contribution in [2.45, 2.75) is 26.3 Å².